The Morgan fingerprint density at radius 3 is 2.41 bits per heavy atom. The summed E-state index contributed by atoms with van der Waals surface area (Å²) in [4.78, 5) is 35.6. The Hall–Kier alpha value is -3.15. The molecule has 0 spiro atoms. The molecule has 3 N–H and O–H groups in total. The lowest BCUT2D eigenvalue weighted by molar-refractivity contribution is -0.121. The summed E-state index contributed by atoms with van der Waals surface area (Å²) in [6, 6.07) is 13.8. The van der Waals surface area contributed by atoms with Gasteiger partial charge < -0.3 is 15.7 Å². The van der Waals surface area contributed by atoms with E-state index in [9.17, 15) is 14.4 Å². The predicted octanol–water partition coefficient (Wildman–Crippen LogP) is 3.76. The molecule has 1 fully saturated rings. The average molecular weight is 394 g/mol. The van der Waals surface area contributed by atoms with Crippen LogP contribution in [0.5, 0.6) is 0 Å². The van der Waals surface area contributed by atoms with E-state index in [0.29, 0.717) is 12.1 Å². The van der Waals surface area contributed by atoms with E-state index in [1.165, 1.54) is 18.6 Å². The molecule has 0 aliphatic heterocycles. The monoisotopic (exact) mass is 394 g/mol. The minimum Gasteiger partial charge on any atom is -0.478 e. The van der Waals surface area contributed by atoms with Crippen LogP contribution in [0.25, 0.3) is 0 Å². The fourth-order valence-electron chi connectivity index (χ4n) is 3.63. The number of rotatable bonds is 7. The van der Waals surface area contributed by atoms with Crippen LogP contribution in [0.3, 0.4) is 0 Å². The zero-order valence-corrected chi connectivity index (χ0v) is 16.3. The molecule has 6 heteroatoms. The number of carboxylic acids is 1. The first-order valence-corrected chi connectivity index (χ1v) is 10.00. The quantitative estimate of drug-likeness (QED) is 0.666. The summed E-state index contributed by atoms with van der Waals surface area (Å²) in [5.41, 5.74) is 2.44. The Labute approximate surface area is 170 Å². The molecule has 29 heavy (non-hydrogen) atoms. The first kappa shape index (κ1) is 20.6. The summed E-state index contributed by atoms with van der Waals surface area (Å²) < 4.78 is 0. The zero-order valence-electron chi connectivity index (χ0n) is 16.3. The van der Waals surface area contributed by atoms with E-state index in [0.717, 1.165) is 36.9 Å². The zero-order chi connectivity index (χ0) is 20.6. The minimum atomic E-state index is -1.01. The number of carboxylic acid groups (broad SMARTS) is 1. The van der Waals surface area contributed by atoms with Gasteiger partial charge >= 0.3 is 5.97 Å². The van der Waals surface area contributed by atoms with Crippen molar-refractivity contribution in [1.82, 2.24) is 5.32 Å². The third-order valence-electron chi connectivity index (χ3n) is 5.20. The summed E-state index contributed by atoms with van der Waals surface area (Å²) in [7, 11) is 0. The van der Waals surface area contributed by atoms with Crippen molar-refractivity contribution in [3.05, 3.63) is 65.2 Å². The van der Waals surface area contributed by atoms with Crippen LogP contribution in [-0.4, -0.2) is 22.9 Å². The average Bonchev–Trinajstić information content (AvgIpc) is 2.73. The molecule has 0 aromatic heterocycles. The highest BCUT2D eigenvalue weighted by Gasteiger charge is 2.21. The Balaban J connectivity index is 1.52. The van der Waals surface area contributed by atoms with Crippen molar-refractivity contribution in [2.24, 2.45) is 5.92 Å². The molecule has 2 amide bonds. The molecule has 0 atom stereocenters. The maximum absolute atomic E-state index is 12.4. The fraction of sp³-hybridized carbons (Fsp3) is 0.348. The number of carbonyl (C=O) groups excluding carboxylic acids is 2. The molecule has 6 nitrogen and oxygen atoms in total. The number of hydrogen-bond donors (Lipinski definition) is 3. The van der Waals surface area contributed by atoms with E-state index < -0.39 is 5.97 Å². The highest BCUT2D eigenvalue weighted by Crippen LogP contribution is 2.25. The standard InChI is InChI=1S/C23H26N2O4/c26-21(14-16-6-4-10-19(12-16)23(28)29)24-15-17-7-5-11-20(13-17)25-22(27)18-8-2-1-3-9-18/h4-7,10-13,18H,1-3,8-9,14-15H2,(H,24,26)(H,25,27)(H,28,29). The number of amides is 2. The van der Waals surface area contributed by atoms with Gasteiger partial charge in [-0.05, 0) is 48.2 Å². The molecule has 0 heterocycles. The summed E-state index contributed by atoms with van der Waals surface area (Å²) in [6.07, 6.45) is 5.44. The van der Waals surface area contributed by atoms with Crippen molar-refractivity contribution >= 4 is 23.5 Å². The summed E-state index contributed by atoms with van der Waals surface area (Å²) in [5.74, 6) is -1.04. The van der Waals surface area contributed by atoms with Crippen molar-refractivity contribution in [1.29, 1.82) is 0 Å². The smallest absolute Gasteiger partial charge is 0.335 e. The number of hydrogen-bond acceptors (Lipinski definition) is 3. The topological polar surface area (TPSA) is 95.5 Å². The number of aromatic carboxylic acids is 1. The number of benzene rings is 2. The second kappa shape index (κ2) is 9.87. The molecule has 3 rings (SSSR count). The third kappa shape index (κ3) is 6.17. The Bertz CT molecular complexity index is 888. The van der Waals surface area contributed by atoms with Crippen molar-refractivity contribution in [2.75, 3.05) is 5.32 Å². The number of nitrogens with one attached hydrogen (secondary N) is 2. The van der Waals surface area contributed by atoms with E-state index in [4.69, 9.17) is 5.11 Å². The predicted molar refractivity (Wildman–Crippen MR) is 111 cm³/mol. The van der Waals surface area contributed by atoms with Gasteiger partial charge in [0, 0.05) is 18.2 Å². The van der Waals surface area contributed by atoms with Gasteiger partial charge in [0.1, 0.15) is 0 Å². The second-order valence-corrected chi connectivity index (χ2v) is 7.48. The largest absolute Gasteiger partial charge is 0.478 e. The van der Waals surface area contributed by atoms with Crippen LogP contribution in [0, 0.1) is 5.92 Å². The third-order valence-corrected chi connectivity index (χ3v) is 5.20. The van der Waals surface area contributed by atoms with E-state index in [1.807, 2.05) is 24.3 Å². The van der Waals surface area contributed by atoms with Crippen molar-refractivity contribution < 1.29 is 19.5 Å². The Kier molecular flexibility index (Phi) is 7.00. The molecular formula is C23H26N2O4. The van der Waals surface area contributed by atoms with Gasteiger partial charge in [-0.2, -0.15) is 0 Å². The lowest BCUT2D eigenvalue weighted by atomic mass is 9.88. The van der Waals surface area contributed by atoms with E-state index >= 15 is 0 Å². The normalized spacial score (nSPS) is 14.2. The van der Waals surface area contributed by atoms with Crippen molar-refractivity contribution in [3.63, 3.8) is 0 Å². The Morgan fingerprint density at radius 2 is 1.66 bits per heavy atom. The van der Waals surface area contributed by atoms with E-state index in [-0.39, 0.29) is 29.7 Å². The highest BCUT2D eigenvalue weighted by atomic mass is 16.4. The van der Waals surface area contributed by atoms with Crippen LogP contribution in [0.1, 0.15) is 53.6 Å². The molecule has 0 unspecified atom stereocenters. The molecule has 2 aromatic carbocycles. The summed E-state index contributed by atoms with van der Waals surface area (Å²) >= 11 is 0. The molecule has 1 saturated carbocycles. The van der Waals surface area contributed by atoms with Gasteiger partial charge in [0.05, 0.1) is 12.0 Å². The number of carbonyl (C=O) groups is 3. The van der Waals surface area contributed by atoms with Gasteiger partial charge in [-0.15, -0.1) is 0 Å². The van der Waals surface area contributed by atoms with Gasteiger partial charge in [-0.1, -0.05) is 43.5 Å². The summed E-state index contributed by atoms with van der Waals surface area (Å²) in [6.45, 7) is 0.338. The van der Waals surface area contributed by atoms with Crippen LogP contribution in [0.2, 0.25) is 0 Å². The molecular weight excluding hydrogens is 368 g/mol. The first-order valence-electron chi connectivity index (χ1n) is 10.00. The van der Waals surface area contributed by atoms with Crippen LogP contribution in [0.4, 0.5) is 5.69 Å². The lowest BCUT2D eigenvalue weighted by Gasteiger charge is -2.20. The second-order valence-electron chi connectivity index (χ2n) is 7.48. The molecule has 2 aromatic rings. The molecule has 1 aliphatic carbocycles. The van der Waals surface area contributed by atoms with Crippen LogP contribution < -0.4 is 10.6 Å². The molecule has 0 bridgehead atoms. The van der Waals surface area contributed by atoms with Gasteiger partial charge in [-0.3, -0.25) is 9.59 Å². The SMILES string of the molecule is O=C(Cc1cccc(C(=O)O)c1)NCc1cccc(NC(=O)C2CCCCC2)c1. The maximum Gasteiger partial charge on any atom is 0.335 e. The Morgan fingerprint density at radius 1 is 0.931 bits per heavy atom. The van der Waals surface area contributed by atoms with Gasteiger partial charge in [0.25, 0.3) is 0 Å². The minimum absolute atomic E-state index is 0.0733. The van der Waals surface area contributed by atoms with Crippen molar-refractivity contribution in [2.45, 2.75) is 45.1 Å². The van der Waals surface area contributed by atoms with E-state index in [2.05, 4.69) is 10.6 Å². The lowest BCUT2D eigenvalue weighted by Crippen LogP contribution is -2.25. The maximum atomic E-state index is 12.4. The molecule has 1 aliphatic rings. The van der Waals surface area contributed by atoms with Crippen molar-refractivity contribution in [3.8, 4) is 0 Å². The first-order chi connectivity index (χ1) is 14.0. The number of anilines is 1. The van der Waals surface area contributed by atoms with Gasteiger partial charge in [0.15, 0.2) is 0 Å². The van der Waals surface area contributed by atoms with Gasteiger partial charge in [-0.25, -0.2) is 4.79 Å². The molecule has 0 radical (unpaired) electrons. The van der Waals surface area contributed by atoms with Gasteiger partial charge in [0.2, 0.25) is 11.8 Å². The fourth-order valence-corrected chi connectivity index (χ4v) is 3.63. The van der Waals surface area contributed by atoms with Crippen LogP contribution >= 0.6 is 0 Å². The van der Waals surface area contributed by atoms with Crippen LogP contribution in [0.15, 0.2) is 48.5 Å². The molecule has 152 valence electrons. The summed E-state index contributed by atoms with van der Waals surface area (Å²) in [5, 5.41) is 14.9. The van der Waals surface area contributed by atoms with Crippen LogP contribution in [-0.2, 0) is 22.6 Å². The molecule has 0 saturated heterocycles. The van der Waals surface area contributed by atoms with E-state index in [1.54, 1.807) is 12.1 Å². The highest BCUT2D eigenvalue weighted by molar-refractivity contribution is 5.92.